The van der Waals surface area contributed by atoms with E-state index < -0.39 is 10.2 Å². The maximum absolute atomic E-state index is 8.49. The summed E-state index contributed by atoms with van der Waals surface area (Å²) in [5.74, 6) is 0.624. The van der Waals surface area contributed by atoms with Crippen molar-refractivity contribution in [3.05, 3.63) is 168 Å². The second-order valence-corrected chi connectivity index (χ2v) is 9.43. The summed E-state index contributed by atoms with van der Waals surface area (Å²) in [6.07, 6.45) is 5.24. The summed E-state index contributed by atoms with van der Waals surface area (Å²) >= 11 is 0. The van der Waals surface area contributed by atoms with Gasteiger partial charge in [0.2, 0.25) is 0 Å². The molecule has 2 aromatic carbocycles. The fourth-order valence-corrected chi connectivity index (χ4v) is 3.35. The van der Waals surface area contributed by atoms with E-state index in [-0.39, 0.29) is 19.5 Å². The van der Waals surface area contributed by atoms with Crippen LogP contribution < -0.4 is 18.6 Å². The van der Waals surface area contributed by atoms with Gasteiger partial charge in [0.25, 0.3) is 0 Å². The Balaban J connectivity index is 0.000000344. The molecule has 0 bridgehead atoms. The molecule has 0 atom stereocenters. The molecule has 246 valence electrons. The van der Waals surface area contributed by atoms with Gasteiger partial charge >= 0.3 is 19.5 Å². The summed E-state index contributed by atoms with van der Waals surface area (Å²) < 4.78 is 34.0. The molecule has 0 radical (unpaired) electrons. The quantitative estimate of drug-likeness (QED) is 0.108. The number of benzene rings is 2. The van der Waals surface area contributed by atoms with Gasteiger partial charge in [-0.1, -0.05) is 72.8 Å². The second kappa shape index (κ2) is 24.0. The molecule has 0 saturated heterocycles. The largest absolute Gasteiger partial charge is 2.00 e. The molecule has 0 saturated carbocycles. The molecule has 0 fully saturated rings. The fourth-order valence-electron chi connectivity index (χ4n) is 3.35. The summed E-state index contributed by atoms with van der Waals surface area (Å²) in [5.41, 5.74) is 5.48. The maximum Gasteiger partial charge on any atom is 2.00 e. The van der Waals surface area contributed by atoms with Crippen molar-refractivity contribution in [1.29, 1.82) is 0 Å². The Bertz CT molecular complexity index is 1640. The Morgan fingerprint density at radius 3 is 1.35 bits per heavy atom. The smallest absolute Gasteiger partial charge is 0.444 e. The van der Waals surface area contributed by atoms with Gasteiger partial charge in [0, 0.05) is 18.6 Å². The zero-order valence-electron chi connectivity index (χ0n) is 25.2. The Morgan fingerprint density at radius 1 is 0.542 bits per heavy atom. The van der Waals surface area contributed by atoms with Crippen LogP contribution in [0.15, 0.2) is 168 Å². The van der Waals surface area contributed by atoms with Gasteiger partial charge in [-0.05, 0) is 73.2 Å². The molecule has 15 heteroatoms. The molecule has 0 aliphatic rings. The summed E-state index contributed by atoms with van der Waals surface area (Å²) in [5, 5.41) is 17.1. The van der Waals surface area contributed by atoms with Gasteiger partial charge in [-0.25, -0.2) is 28.6 Å². The Kier molecular flexibility index (Phi) is 20.4. The van der Waals surface area contributed by atoms with Crippen molar-refractivity contribution in [2.75, 3.05) is 0 Å². The van der Waals surface area contributed by atoms with Gasteiger partial charge in [-0.2, -0.15) is 0 Å². The van der Waals surface area contributed by atoms with Crippen molar-refractivity contribution in [3.8, 4) is 22.8 Å². The first-order chi connectivity index (χ1) is 22.7. The molecule has 0 amide bonds. The molecule has 48 heavy (non-hydrogen) atoms. The molecule has 0 aliphatic heterocycles. The Labute approximate surface area is 291 Å². The third-order valence-corrected chi connectivity index (χ3v) is 5.19. The maximum atomic E-state index is 8.49. The van der Waals surface area contributed by atoms with Crippen LogP contribution in [-0.4, -0.2) is 19.9 Å². The predicted octanol–water partition coefficient (Wildman–Crippen LogP) is 4.19. The van der Waals surface area contributed by atoms with E-state index in [0.717, 1.165) is 33.8 Å². The van der Waals surface area contributed by atoms with E-state index in [1.54, 1.807) is 18.6 Å². The van der Waals surface area contributed by atoms with Crippen LogP contribution >= 0.6 is 0 Å². The first kappa shape index (κ1) is 40.8. The van der Waals surface area contributed by atoms with Crippen LogP contribution in [0, 0.1) is 27.3 Å². The Morgan fingerprint density at radius 2 is 0.958 bits per heavy atom. The van der Waals surface area contributed by atoms with Gasteiger partial charge in [0.1, 0.15) is 0 Å². The van der Waals surface area contributed by atoms with Gasteiger partial charge in [0.05, 0.1) is 28.5 Å². The summed E-state index contributed by atoms with van der Waals surface area (Å²) in [6, 6.07) is 42.9. The number of nitrogens with zero attached hydrogens (tertiary/aromatic N) is 7. The minimum atomic E-state index is -4.94. The molecule has 4 heterocycles. The zero-order valence-corrected chi connectivity index (χ0v) is 27.7. The molecule has 0 N–H and O–H groups in total. The predicted molar refractivity (Wildman–Crippen MR) is 166 cm³/mol. The van der Waals surface area contributed by atoms with Crippen molar-refractivity contribution < 1.29 is 48.4 Å². The number of pyridine rings is 4. The number of rotatable bonds is 4. The normalized spacial score (nSPS) is 9.69. The number of aromatic nitrogens is 4. The molecular formula is C33H28ClN7O6Ru. The molecule has 0 aliphatic carbocycles. The number of azo groups is 1. The number of hydrogen-bond donors (Lipinski definition) is 0. The summed E-state index contributed by atoms with van der Waals surface area (Å²) in [4.78, 5) is 25.2. The molecule has 0 unspecified atom stereocenters. The second-order valence-electron chi connectivity index (χ2n) is 8.67. The van der Waals surface area contributed by atoms with Crippen molar-refractivity contribution in [2.24, 2.45) is 15.6 Å². The third kappa shape index (κ3) is 19.3. The van der Waals surface area contributed by atoms with E-state index in [4.69, 9.17) is 28.8 Å². The minimum absolute atomic E-state index is 0. The van der Waals surface area contributed by atoms with Gasteiger partial charge in [0.15, 0.2) is 5.82 Å². The molecule has 4 aromatic heterocycles. The number of hydrogen-bond acceptors (Lipinski definition) is 13. The van der Waals surface area contributed by atoms with Gasteiger partial charge in [-0.3, -0.25) is 9.97 Å². The van der Waals surface area contributed by atoms with Crippen LogP contribution in [0.3, 0.4) is 0 Å². The van der Waals surface area contributed by atoms with E-state index >= 15 is 0 Å². The SMILES string of the molecule is Cc1cccc(N=Nc2ccccn2)c1.O=N[O-].[O-][Cl+3]([O-])([O-])[O-].[Ru+2].c1ccc(-c2cccc(-c3ccccn3)n2)nc1.c1ccccc1. The van der Waals surface area contributed by atoms with Gasteiger partial charge < -0.3 is 10.1 Å². The molecule has 6 rings (SSSR count). The number of halogens is 1. The van der Waals surface area contributed by atoms with Crippen LogP contribution in [0.5, 0.6) is 0 Å². The molecule has 13 nitrogen and oxygen atoms in total. The fraction of sp³-hybridized carbons (Fsp3) is 0.0303. The molecule has 6 aromatic rings. The van der Waals surface area contributed by atoms with Crippen LogP contribution in [-0.2, 0) is 19.5 Å². The average Bonchev–Trinajstić information content (AvgIpc) is 3.10. The van der Waals surface area contributed by atoms with Crippen LogP contribution in [0.4, 0.5) is 11.5 Å². The van der Waals surface area contributed by atoms with Gasteiger partial charge in [-0.15, -0.1) is 25.8 Å². The summed E-state index contributed by atoms with van der Waals surface area (Å²) in [7, 11) is -4.94. The number of aryl methyl sites for hydroxylation is 1. The molecular weight excluding hydrogens is 727 g/mol. The molecule has 0 spiro atoms. The first-order valence-electron chi connectivity index (χ1n) is 13.5. The standard InChI is InChI=1S/C15H11N3.C12H11N3.C6H6.ClHO4.HNO2.Ru/c1-3-10-16-12(6-1)14-8-5-9-15(18-14)13-7-2-4-11-17-13;1-10-5-4-6-11(9-10)14-15-12-7-2-3-8-13-12;1-2-4-6-5-3-1;2-1(3,4)5;2-1-3;/h1-11H;2-9H,1H3;1-6H;(H,2,3,4,5);(H,2,3);/q;;;;;+2/p-2. The van der Waals surface area contributed by atoms with E-state index in [1.807, 2.05) is 140 Å². The van der Waals surface area contributed by atoms with E-state index in [1.165, 1.54) is 5.56 Å². The van der Waals surface area contributed by atoms with Crippen LogP contribution in [0.2, 0.25) is 0 Å². The van der Waals surface area contributed by atoms with Crippen molar-refractivity contribution in [2.45, 2.75) is 6.92 Å². The van der Waals surface area contributed by atoms with Crippen LogP contribution in [0.1, 0.15) is 5.56 Å². The van der Waals surface area contributed by atoms with Crippen molar-refractivity contribution in [3.63, 3.8) is 0 Å². The van der Waals surface area contributed by atoms with Crippen molar-refractivity contribution in [1.82, 2.24) is 19.9 Å². The Hall–Kier alpha value is -5.21. The minimum Gasteiger partial charge on any atom is -0.444 e. The van der Waals surface area contributed by atoms with Crippen LogP contribution in [0.25, 0.3) is 22.8 Å². The van der Waals surface area contributed by atoms with E-state index in [9.17, 15) is 0 Å². The topological polar surface area (TPSA) is 221 Å². The average molecular weight is 755 g/mol. The van der Waals surface area contributed by atoms with E-state index in [0.29, 0.717) is 5.82 Å². The van der Waals surface area contributed by atoms with Crippen molar-refractivity contribution >= 4 is 11.5 Å². The third-order valence-electron chi connectivity index (χ3n) is 5.19. The monoisotopic (exact) mass is 755 g/mol. The van der Waals surface area contributed by atoms with E-state index in [2.05, 4.69) is 30.2 Å². The summed E-state index contributed by atoms with van der Waals surface area (Å²) in [6.45, 7) is 2.03. The first-order valence-corrected chi connectivity index (χ1v) is 14.7. The zero-order chi connectivity index (χ0) is 34.2.